The zero-order valence-corrected chi connectivity index (χ0v) is 13.1. The molecule has 2 aromatic rings. The van der Waals surface area contributed by atoms with E-state index in [1.54, 1.807) is 4.99 Å². The smallest absolute Gasteiger partial charge is 0.127 e. The number of halogens is 2. The van der Waals surface area contributed by atoms with Gasteiger partial charge < -0.3 is 9.84 Å². The number of rotatable bonds is 4. The first-order valence-electron chi connectivity index (χ1n) is 5.67. The number of aliphatic hydroxyl groups is 1. The molecule has 2 aromatic carbocycles. The van der Waals surface area contributed by atoms with Crippen LogP contribution in [-0.2, 0) is 0 Å². The van der Waals surface area contributed by atoms with Crippen molar-refractivity contribution in [3.8, 4) is 11.5 Å². The van der Waals surface area contributed by atoms with Crippen molar-refractivity contribution in [3.63, 3.8) is 0 Å². The van der Waals surface area contributed by atoms with Crippen LogP contribution in [-0.4, -0.2) is 5.11 Å². The van der Waals surface area contributed by atoms with Crippen molar-refractivity contribution < 1.29 is 9.84 Å². The van der Waals surface area contributed by atoms with Gasteiger partial charge in [0.1, 0.15) is 17.6 Å². The molecule has 0 aliphatic heterocycles. The van der Waals surface area contributed by atoms with Crippen LogP contribution in [0.15, 0.2) is 64.1 Å². The normalized spacial score (nSPS) is 13.1. The summed E-state index contributed by atoms with van der Waals surface area (Å²) in [7, 11) is 0. The number of benzene rings is 2. The molecule has 2 rings (SSSR count). The molecule has 0 fully saturated rings. The van der Waals surface area contributed by atoms with E-state index in [4.69, 9.17) is 4.74 Å². The Bertz CT molecular complexity index is 567. The Kier molecular flexibility index (Phi) is 5.19. The number of hydrogen-bond acceptors (Lipinski definition) is 2. The lowest BCUT2D eigenvalue weighted by Gasteiger charge is -2.12. The summed E-state index contributed by atoms with van der Waals surface area (Å²) < 4.78 is 6.38. The molecule has 0 bridgehead atoms. The largest absolute Gasteiger partial charge is 0.457 e. The van der Waals surface area contributed by atoms with Gasteiger partial charge in [0, 0.05) is 4.48 Å². The highest BCUT2D eigenvalue weighted by molar-refractivity contribution is 9.14. The van der Waals surface area contributed by atoms with Gasteiger partial charge in [-0.2, -0.15) is 0 Å². The average Bonchev–Trinajstić information content (AvgIpc) is 2.47. The zero-order chi connectivity index (χ0) is 13.7. The third-order valence-electron chi connectivity index (χ3n) is 2.52. The molecule has 1 unspecified atom stereocenters. The standard InChI is InChI=1S/C15H12Br2O2/c16-10-14(17)15(18)11-5-4-8-13(9-11)19-12-6-2-1-3-7-12/h1-10,15,18H. The predicted octanol–water partition coefficient (Wildman–Crippen LogP) is 5.14. The van der Waals surface area contributed by atoms with Gasteiger partial charge in [0.25, 0.3) is 0 Å². The Morgan fingerprint density at radius 2 is 1.74 bits per heavy atom. The fourth-order valence-electron chi connectivity index (χ4n) is 1.59. The van der Waals surface area contributed by atoms with Crippen LogP contribution in [0.4, 0.5) is 0 Å². The van der Waals surface area contributed by atoms with Gasteiger partial charge in [0.05, 0.1) is 0 Å². The third-order valence-corrected chi connectivity index (χ3v) is 4.29. The second kappa shape index (κ2) is 6.89. The molecule has 0 amide bonds. The molecule has 0 saturated heterocycles. The maximum absolute atomic E-state index is 10.1. The van der Waals surface area contributed by atoms with Crippen molar-refractivity contribution in [3.05, 3.63) is 69.6 Å². The SMILES string of the molecule is OC(C(Br)=CBr)c1cccc(Oc2ccccc2)c1. The first kappa shape index (κ1) is 14.3. The molecule has 1 N–H and O–H groups in total. The molecule has 0 radical (unpaired) electrons. The fraction of sp³-hybridized carbons (Fsp3) is 0.0667. The first-order valence-corrected chi connectivity index (χ1v) is 7.38. The van der Waals surface area contributed by atoms with E-state index in [2.05, 4.69) is 31.9 Å². The molecular formula is C15H12Br2O2. The maximum Gasteiger partial charge on any atom is 0.127 e. The lowest BCUT2D eigenvalue weighted by Crippen LogP contribution is -1.97. The lowest BCUT2D eigenvalue weighted by molar-refractivity contribution is 0.225. The minimum atomic E-state index is -0.710. The van der Waals surface area contributed by atoms with E-state index in [1.165, 1.54) is 0 Å². The van der Waals surface area contributed by atoms with Gasteiger partial charge in [-0.05, 0) is 34.8 Å². The Morgan fingerprint density at radius 3 is 2.42 bits per heavy atom. The maximum atomic E-state index is 10.1. The molecule has 4 heteroatoms. The minimum absolute atomic E-state index is 0.657. The summed E-state index contributed by atoms with van der Waals surface area (Å²) in [5, 5.41) is 10.1. The quantitative estimate of drug-likeness (QED) is 0.791. The molecule has 98 valence electrons. The number of hydrogen-bond donors (Lipinski definition) is 1. The van der Waals surface area contributed by atoms with Crippen molar-refractivity contribution in [2.45, 2.75) is 6.10 Å². The van der Waals surface area contributed by atoms with Gasteiger partial charge in [-0.3, -0.25) is 0 Å². The van der Waals surface area contributed by atoms with Crippen LogP contribution in [0.25, 0.3) is 0 Å². The average molecular weight is 384 g/mol. The zero-order valence-electron chi connectivity index (χ0n) is 9.96. The van der Waals surface area contributed by atoms with Crippen LogP contribution in [0.2, 0.25) is 0 Å². The molecule has 19 heavy (non-hydrogen) atoms. The van der Waals surface area contributed by atoms with Crippen LogP contribution in [0.3, 0.4) is 0 Å². The Morgan fingerprint density at radius 1 is 1.05 bits per heavy atom. The third kappa shape index (κ3) is 3.93. The monoisotopic (exact) mass is 382 g/mol. The molecule has 0 heterocycles. The Hall–Kier alpha value is -1.10. The van der Waals surface area contributed by atoms with E-state index < -0.39 is 6.10 Å². The molecule has 2 nitrogen and oxygen atoms in total. The van der Waals surface area contributed by atoms with Crippen LogP contribution in [0, 0.1) is 0 Å². The summed E-state index contributed by atoms with van der Waals surface area (Å²) in [6.07, 6.45) is -0.710. The predicted molar refractivity (Wildman–Crippen MR) is 83.9 cm³/mol. The number of aliphatic hydroxyl groups excluding tert-OH is 1. The summed E-state index contributed by atoms with van der Waals surface area (Å²) in [6, 6.07) is 16.9. The summed E-state index contributed by atoms with van der Waals surface area (Å²) in [6.45, 7) is 0. The van der Waals surface area contributed by atoms with Crippen molar-refractivity contribution >= 4 is 31.9 Å². The Balaban J connectivity index is 2.20. The summed E-state index contributed by atoms with van der Waals surface area (Å²) in [5.41, 5.74) is 0.760. The van der Waals surface area contributed by atoms with Gasteiger partial charge >= 0.3 is 0 Å². The van der Waals surface area contributed by atoms with Crippen LogP contribution in [0.1, 0.15) is 11.7 Å². The van der Waals surface area contributed by atoms with Gasteiger partial charge in [-0.1, -0.05) is 62.2 Å². The molecule has 0 aromatic heterocycles. The van der Waals surface area contributed by atoms with Gasteiger partial charge in [-0.15, -0.1) is 0 Å². The molecule has 0 aliphatic carbocycles. The van der Waals surface area contributed by atoms with E-state index in [1.807, 2.05) is 54.6 Å². The van der Waals surface area contributed by atoms with Crippen LogP contribution < -0.4 is 4.74 Å². The molecular weight excluding hydrogens is 372 g/mol. The van der Waals surface area contributed by atoms with E-state index in [0.29, 0.717) is 10.2 Å². The summed E-state index contributed by atoms with van der Waals surface area (Å²) in [5.74, 6) is 1.46. The van der Waals surface area contributed by atoms with Crippen molar-refractivity contribution in [2.24, 2.45) is 0 Å². The summed E-state index contributed by atoms with van der Waals surface area (Å²) >= 11 is 6.48. The fourth-order valence-corrected chi connectivity index (χ4v) is 2.11. The van der Waals surface area contributed by atoms with E-state index in [-0.39, 0.29) is 0 Å². The highest BCUT2D eigenvalue weighted by Crippen LogP contribution is 2.30. The first-order chi connectivity index (χ1) is 9.20. The van der Waals surface area contributed by atoms with Crippen molar-refractivity contribution in [1.29, 1.82) is 0 Å². The highest BCUT2D eigenvalue weighted by atomic mass is 79.9. The minimum Gasteiger partial charge on any atom is -0.457 e. The second-order valence-electron chi connectivity index (χ2n) is 3.88. The Labute approximate surface area is 129 Å². The van der Waals surface area contributed by atoms with E-state index in [9.17, 15) is 5.11 Å². The lowest BCUT2D eigenvalue weighted by atomic mass is 10.1. The van der Waals surface area contributed by atoms with E-state index >= 15 is 0 Å². The molecule has 1 atom stereocenters. The van der Waals surface area contributed by atoms with E-state index in [0.717, 1.165) is 11.3 Å². The van der Waals surface area contributed by atoms with Crippen LogP contribution >= 0.6 is 31.9 Å². The number of para-hydroxylation sites is 1. The van der Waals surface area contributed by atoms with Crippen LogP contribution in [0.5, 0.6) is 11.5 Å². The van der Waals surface area contributed by atoms with Crippen molar-refractivity contribution in [1.82, 2.24) is 0 Å². The molecule has 0 spiro atoms. The topological polar surface area (TPSA) is 29.5 Å². The van der Waals surface area contributed by atoms with Gasteiger partial charge in [-0.25, -0.2) is 0 Å². The van der Waals surface area contributed by atoms with Crippen molar-refractivity contribution in [2.75, 3.05) is 0 Å². The second-order valence-corrected chi connectivity index (χ2v) is 5.26. The van der Waals surface area contributed by atoms with Gasteiger partial charge in [0.2, 0.25) is 0 Å². The molecule has 0 saturated carbocycles. The summed E-state index contributed by atoms with van der Waals surface area (Å²) in [4.78, 5) is 1.64. The van der Waals surface area contributed by atoms with Gasteiger partial charge in [0.15, 0.2) is 0 Å². The number of ether oxygens (including phenoxy) is 1. The molecule has 0 aliphatic rings. The highest BCUT2D eigenvalue weighted by Gasteiger charge is 2.11.